The summed E-state index contributed by atoms with van der Waals surface area (Å²) < 4.78 is 38.0. The first-order valence-electron chi connectivity index (χ1n) is 6.94. The molecule has 23 heavy (non-hydrogen) atoms. The zero-order chi connectivity index (χ0) is 16.6. The van der Waals surface area contributed by atoms with Gasteiger partial charge in [-0.25, -0.2) is 20.4 Å². The molecule has 2 aromatic heterocycles. The quantitative estimate of drug-likeness (QED) is 0.926. The molecule has 0 bridgehead atoms. The Kier molecular flexibility index (Phi) is 4.07. The highest BCUT2D eigenvalue weighted by Crippen LogP contribution is 2.28. The number of halogens is 3. The maximum Gasteiger partial charge on any atom is 0.409 e. The molecule has 1 aliphatic heterocycles. The van der Waals surface area contributed by atoms with E-state index in [1.165, 1.54) is 28.7 Å². The summed E-state index contributed by atoms with van der Waals surface area (Å²) in [4.78, 5) is 12.8. The van der Waals surface area contributed by atoms with E-state index in [0.717, 1.165) is 11.8 Å². The summed E-state index contributed by atoms with van der Waals surface area (Å²) in [7, 11) is 0. The number of nitrogens with one attached hydrogen (secondary N) is 1. The Labute approximate surface area is 134 Å². The molecule has 9 heteroatoms. The van der Waals surface area contributed by atoms with E-state index in [4.69, 9.17) is 0 Å². The van der Waals surface area contributed by atoms with Crippen LogP contribution in [0.2, 0.25) is 0 Å². The van der Waals surface area contributed by atoms with E-state index in [1.807, 2.05) is 19.2 Å². The topological polar surface area (TPSA) is 53.9 Å². The third-order valence-corrected chi connectivity index (χ3v) is 4.13. The van der Waals surface area contributed by atoms with Gasteiger partial charge in [-0.05, 0) is 18.1 Å². The minimum absolute atomic E-state index is 0.145. The predicted octanol–water partition coefficient (Wildman–Crippen LogP) is 3.49. The zero-order valence-electron chi connectivity index (χ0n) is 12.4. The fourth-order valence-corrected chi connectivity index (χ4v) is 2.92. The number of anilines is 1. The zero-order valence-corrected chi connectivity index (χ0v) is 13.2. The SMILES string of the molecule is CC(C)c1csc(-c2ccnc(N3C=CC(C(F)(F)F)N3)n2)n1. The summed E-state index contributed by atoms with van der Waals surface area (Å²) in [6.45, 7) is 4.08. The van der Waals surface area contributed by atoms with Crippen LogP contribution >= 0.6 is 11.3 Å². The van der Waals surface area contributed by atoms with Crippen molar-refractivity contribution in [1.29, 1.82) is 0 Å². The van der Waals surface area contributed by atoms with Crippen LogP contribution in [0, 0.1) is 0 Å². The van der Waals surface area contributed by atoms with E-state index < -0.39 is 12.2 Å². The molecule has 5 nitrogen and oxygen atoms in total. The van der Waals surface area contributed by atoms with Gasteiger partial charge in [0.2, 0.25) is 5.95 Å². The van der Waals surface area contributed by atoms with Crippen molar-refractivity contribution >= 4 is 17.3 Å². The summed E-state index contributed by atoms with van der Waals surface area (Å²) in [5, 5.41) is 3.83. The molecule has 0 amide bonds. The molecular weight excluding hydrogens is 327 g/mol. The standard InChI is InChI=1S/C14H14F3N5S/c1-8(2)10-7-23-12(19-10)9-3-5-18-13(20-9)22-6-4-11(21-22)14(15,16)17/h3-8,11,21H,1-2H3. The fraction of sp³-hybridized carbons (Fsp3) is 0.357. The van der Waals surface area contributed by atoms with Crippen molar-refractivity contribution in [1.82, 2.24) is 20.4 Å². The second kappa shape index (κ2) is 5.89. The first-order chi connectivity index (χ1) is 10.8. The van der Waals surface area contributed by atoms with Gasteiger partial charge in [0.25, 0.3) is 0 Å². The highest BCUT2D eigenvalue weighted by atomic mass is 32.1. The number of nitrogens with zero attached hydrogens (tertiary/aromatic N) is 4. The van der Waals surface area contributed by atoms with Crippen LogP contribution in [-0.4, -0.2) is 27.2 Å². The number of alkyl halides is 3. The molecule has 1 atom stereocenters. The molecule has 122 valence electrons. The van der Waals surface area contributed by atoms with Crippen LogP contribution in [0.1, 0.15) is 25.5 Å². The molecule has 0 saturated heterocycles. The average molecular weight is 341 g/mol. The number of aromatic nitrogens is 3. The van der Waals surface area contributed by atoms with Gasteiger partial charge >= 0.3 is 6.18 Å². The summed E-state index contributed by atoms with van der Waals surface area (Å²) in [5.41, 5.74) is 3.85. The second-order valence-corrected chi connectivity index (χ2v) is 6.19. The lowest BCUT2D eigenvalue weighted by Gasteiger charge is -2.19. The number of thiazole rings is 1. The molecule has 3 rings (SSSR count). The summed E-state index contributed by atoms with van der Waals surface area (Å²) in [5.74, 6) is 0.448. The smallest absolute Gasteiger partial charge is 0.250 e. The van der Waals surface area contributed by atoms with Gasteiger partial charge in [0, 0.05) is 17.8 Å². The Morgan fingerprint density at radius 2 is 2.09 bits per heavy atom. The fourth-order valence-electron chi connectivity index (χ4n) is 1.97. The molecule has 2 aromatic rings. The van der Waals surface area contributed by atoms with E-state index in [0.29, 0.717) is 16.6 Å². The lowest BCUT2D eigenvalue weighted by atomic mass is 10.2. The van der Waals surface area contributed by atoms with Crippen molar-refractivity contribution in [2.45, 2.75) is 32.0 Å². The van der Waals surface area contributed by atoms with Crippen LogP contribution in [0.15, 0.2) is 29.9 Å². The molecule has 0 aliphatic carbocycles. The third-order valence-electron chi connectivity index (χ3n) is 3.25. The molecule has 1 aliphatic rings. The van der Waals surface area contributed by atoms with E-state index in [-0.39, 0.29) is 5.95 Å². The summed E-state index contributed by atoms with van der Waals surface area (Å²) in [6.07, 6.45) is -0.552. The molecule has 0 spiro atoms. The molecule has 3 heterocycles. The van der Waals surface area contributed by atoms with Crippen LogP contribution in [0.25, 0.3) is 10.7 Å². The van der Waals surface area contributed by atoms with Crippen LogP contribution < -0.4 is 10.4 Å². The Hall–Kier alpha value is -2.00. The van der Waals surface area contributed by atoms with Crippen molar-refractivity contribution in [3.05, 3.63) is 35.6 Å². The van der Waals surface area contributed by atoms with Gasteiger partial charge in [-0.3, -0.25) is 5.01 Å². The van der Waals surface area contributed by atoms with Crippen LogP contribution in [0.4, 0.5) is 19.1 Å². The lowest BCUT2D eigenvalue weighted by Crippen LogP contribution is -2.44. The van der Waals surface area contributed by atoms with Crippen LogP contribution in [-0.2, 0) is 0 Å². The van der Waals surface area contributed by atoms with E-state index in [2.05, 4.69) is 20.4 Å². The highest BCUT2D eigenvalue weighted by Gasteiger charge is 2.41. The average Bonchev–Trinajstić information content (AvgIpc) is 3.16. The number of rotatable bonds is 3. The molecule has 0 saturated carbocycles. The Bertz CT molecular complexity index is 725. The normalized spacial score (nSPS) is 18.2. The van der Waals surface area contributed by atoms with E-state index >= 15 is 0 Å². The van der Waals surface area contributed by atoms with Gasteiger partial charge in [-0.1, -0.05) is 13.8 Å². The van der Waals surface area contributed by atoms with Gasteiger partial charge in [0.1, 0.15) is 16.7 Å². The predicted molar refractivity (Wildman–Crippen MR) is 81.8 cm³/mol. The van der Waals surface area contributed by atoms with Crippen molar-refractivity contribution in [3.63, 3.8) is 0 Å². The van der Waals surface area contributed by atoms with Gasteiger partial charge in [-0.2, -0.15) is 13.2 Å². The van der Waals surface area contributed by atoms with Crippen molar-refractivity contribution < 1.29 is 13.2 Å². The number of hydrogen-bond donors (Lipinski definition) is 1. The van der Waals surface area contributed by atoms with Gasteiger partial charge in [0.05, 0.1) is 5.69 Å². The molecule has 0 aromatic carbocycles. The minimum Gasteiger partial charge on any atom is -0.250 e. The molecular formula is C14H14F3N5S. The maximum absolute atomic E-state index is 12.7. The monoisotopic (exact) mass is 341 g/mol. The van der Waals surface area contributed by atoms with Crippen LogP contribution in [0.5, 0.6) is 0 Å². The van der Waals surface area contributed by atoms with Crippen LogP contribution in [0.3, 0.4) is 0 Å². The first kappa shape index (κ1) is 15.9. The minimum atomic E-state index is -4.36. The molecule has 0 fully saturated rings. The van der Waals surface area contributed by atoms with Crippen molar-refractivity contribution in [3.8, 4) is 10.7 Å². The van der Waals surface area contributed by atoms with Gasteiger partial charge in [-0.15, -0.1) is 11.3 Å². The molecule has 0 radical (unpaired) electrons. The largest absolute Gasteiger partial charge is 0.409 e. The van der Waals surface area contributed by atoms with E-state index in [9.17, 15) is 13.2 Å². The Morgan fingerprint density at radius 1 is 1.30 bits per heavy atom. The maximum atomic E-state index is 12.7. The number of hydrazine groups is 1. The van der Waals surface area contributed by atoms with Crippen molar-refractivity contribution in [2.24, 2.45) is 0 Å². The van der Waals surface area contributed by atoms with Crippen molar-refractivity contribution in [2.75, 3.05) is 5.01 Å². The highest BCUT2D eigenvalue weighted by molar-refractivity contribution is 7.13. The first-order valence-corrected chi connectivity index (χ1v) is 7.82. The molecule has 1 unspecified atom stereocenters. The second-order valence-electron chi connectivity index (χ2n) is 5.33. The number of hydrogen-bond acceptors (Lipinski definition) is 6. The van der Waals surface area contributed by atoms with Gasteiger partial charge in [0.15, 0.2) is 0 Å². The van der Waals surface area contributed by atoms with Gasteiger partial charge < -0.3 is 0 Å². The summed E-state index contributed by atoms with van der Waals surface area (Å²) >= 11 is 1.45. The molecule has 1 N–H and O–H groups in total. The Morgan fingerprint density at radius 3 is 2.70 bits per heavy atom. The Balaban J connectivity index is 1.82. The third kappa shape index (κ3) is 3.35. The summed E-state index contributed by atoms with van der Waals surface area (Å²) in [6, 6.07) is -0.0461. The van der Waals surface area contributed by atoms with E-state index in [1.54, 1.807) is 6.07 Å². The lowest BCUT2D eigenvalue weighted by molar-refractivity contribution is -0.142.